The first-order chi connectivity index (χ1) is 8.87. The van der Waals surface area contributed by atoms with Gasteiger partial charge in [-0.25, -0.2) is 8.42 Å². The Kier molecular flexibility index (Phi) is 3.96. The predicted octanol–water partition coefficient (Wildman–Crippen LogP) is 0.357. The molecule has 1 aromatic rings. The van der Waals surface area contributed by atoms with Crippen LogP contribution in [0.4, 0.5) is 0 Å². The van der Waals surface area contributed by atoms with Crippen LogP contribution in [0.5, 0.6) is 0 Å². The highest BCUT2D eigenvalue weighted by atomic mass is 32.2. The Morgan fingerprint density at radius 1 is 1.32 bits per heavy atom. The lowest BCUT2D eigenvalue weighted by Crippen LogP contribution is -2.39. The van der Waals surface area contributed by atoms with Gasteiger partial charge in [-0.15, -0.1) is 0 Å². The van der Waals surface area contributed by atoms with E-state index in [4.69, 9.17) is 0 Å². The zero-order valence-electron chi connectivity index (χ0n) is 11.0. The van der Waals surface area contributed by atoms with Crippen LogP contribution in [0, 0.1) is 12.8 Å². The molecule has 0 spiro atoms. The van der Waals surface area contributed by atoms with Crippen LogP contribution in [0.2, 0.25) is 0 Å². The van der Waals surface area contributed by atoms with E-state index in [1.165, 1.54) is 4.31 Å². The Labute approximate surface area is 113 Å². The fraction of sp³-hybridized carbons (Fsp3) is 0.538. The average molecular weight is 285 g/mol. The average Bonchev–Trinajstić information content (AvgIpc) is 2.66. The molecule has 3 atom stereocenters. The molecule has 0 bridgehead atoms. The van der Waals surface area contributed by atoms with Crippen molar-refractivity contribution in [3.05, 3.63) is 29.8 Å². The van der Waals surface area contributed by atoms with Crippen molar-refractivity contribution in [1.82, 2.24) is 4.31 Å². The molecule has 2 N–H and O–H groups in total. The van der Waals surface area contributed by atoms with Gasteiger partial charge in [-0.3, -0.25) is 0 Å². The number of sulfonamides is 1. The van der Waals surface area contributed by atoms with E-state index in [1.807, 2.05) is 6.92 Å². The quantitative estimate of drug-likeness (QED) is 0.840. The summed E-state index contributed by atoms with van der Waals surface area (Å²) in [5, 5.41) is 19.2. The van der Waals surface area contributed by atoms with E-state index in [-0.39, 0.29) is 24.0 Å². The number of rotatable bonds is 3. The van der Waals surface area contributed by atoms with Crippen LogP contribution in [0.1, 0.15) is 12.5 Å². The molecule has 2 rings (SSSR count). The summed E-state index contributed by atoms with van der Waals surface area (Å²) < 4.78 is 26.2. The molecule has 1 aliphatic rings. The van der Waals surface area contributed by atoms with E-state index in [1.54, 1.807) is 31.2 Å². The van der Waals surface area contributed by atoms with Crippen LogP contribution in [-0.4, -0.2) is 48.2 Å². The fourth-order valence-electron chi connectivity index (χ4n) is 2.38. The van der Waals surface area contributed by atoms with Crippen molar-refractivity contribution in [3.63, 3.8) is 0 Å². The number of aliphatic hydroxyl groups is 2. The molecule has 6 heteroatoms. The molecule has 0 amide bonds. The van der Waals surface area contributed by atoms with Crippen LogP contribution in [-0.2, 0) is 10.0 Å². The minimum atomic E-state index is -3.67. The number of hydrogen-bond donors (Lipinski definition) is 2. The fourth-order valence-corrected chi connectivity index (χ4v) is 4.10. The molecule has 5 nitrogen and oxygen atoms in total. The van der Waals surface area contributed by atoms with Crippen LogP contribution in [0.3, 0.4) is 0 Å². The molecule has 1 aromatic carbocycles. The lowest BCUT2D eigenvalue weighted by atomic mass is 10.0. The van der Waals surface area contributed by atoms with E-state index in [2.05, 4.69) is 0 Å². The summed E-state index contributed by atoms with van der Waals surface area (Å²) in [7, 11) is -3.67. The zero-order chi connectivity index (χ0) is 14.2. The number of benzene rings is 1. The predicted molar refractivity (Wildman–Crippen MR) is 71.1 cm³/mol. The second-order valence-corrected chi connectivity index (χ2v) is 6.95. The van der Waals surface area contributed by atoms with Crippen LogP contribution >= 0.6 is 0 Å². The molecular weight excluding hydrogens is 266 g/mol. The van der Waals surface area contributed by atoms with Gasteiger partial charge in [0, 0.05) is 12.5 Å². The standard InChI is InChI=1S/C13H19NO4S/c1-9-3-5-11(6-4-9)19(17,18)14-7-13(16)10(2)12(14)8-15/h3-6,10,12-13,15-16H,7-8H2,1-2H3/t10-,12-,13-/m1/s1. The lowest BCUT2D eigenvalue weighted by Gasteiger charge is -2.24. The van der Waals surface area contributed by atoms with Gasteiger partial charge in [0.15, 0.2) is 0 Å². The van der Waals surface area contributed by atoms with Crippen molar-refractivity contribution >= 4 is 10.0 Å². The Morgan fingerprint density at radius 3 is 2.42 bits per heavy atom. The maximum absolute atomic E-state index is 12.5. The van der Waals surface area contributed by atoms with Crippen LogP contribution < -0.4 is 0 Å². The number of aryl methyl sites for hydroxylation is 1. The number of β-amino-alcohol motifs (C(OH)–C–C–N with tert-alkyl or cyclic N) is 1. The largest absolute Gasteiger partial charge is 0.395 e. The molecule has 1 saturated heterocycles. The first-order valence-electron chi connectivity index (χ1n) is 6.25. The van der Waals surface area contributed by atoms with Gasteiger partial charge in [0.2, 0.25) is 10.0 Å². The molecule has 1 fully saturated rings. The molecule has 19 heavy (non-hydrogen) atoms. The van der Waals surface area contributed by atoms with E-state index >= 15 is 0 Å². The van der Waals surface area contributed by atoms with Crippen molar-refractivity contribution in [1.29, 1.82) is 0 Å². The van der Waals surface area contributed by atoms with Gasteiger partial charge in [-0.2, -0.15) is 4.31 Å². The Hall–Kier alpha value is -0.950. The number of nitrogens with zero attached hydrogens (tertiary/aromatic N) is 1. The summed E-state index contributed by atoms with van der Waals surface area (Å²) in [5.74, 6) is -0.273. The summed E-state index contributed by atoms with van der Waals surface area (Å²) in [4.78, 5) is 0.192. The summed E-state index contributed by atoms with van der Waals surface area (Å²) >= 11 is 0. The van der Waals surface area contributed by atoms with Crippen LogP contribution in [0.15, 0.2) is 29.2 Å². The third-order valence-electron chi connectivity index (χ3n) is 3.77. The Morgan fingerprint density at radius 2 is 1.89 bits per heavy atom. The molecule has 0 unspecified atom stereocenters. The van der Waals surface area contributed by atoms with Crippen molar-refractivity contribution in [2.45, 2.75) is 30.9 Å². The van der Waals surface area contributed by atoms with Crippen molar-refractivity contribution < 1.29 is 18.6 Å². The molecule has 1 heterocycles. The highest BCUT2D eigenvalue weighted by molar-refractivity contribution is 7.89. The summed E-state index contributed by atoms with van der Waals surface area (Å²) in [6, 6.07) is 6.00. The number of aliphatic hydroxyl groups excluding tert-OH is 2. The van der Waals surface area contributed by atoms with E-state index in [0.29, 0.717) is 0 Å². The molecule has 106 valence electrons. The summed E-state index contributed by atoms with van der Waals surface area (Å²) in [5.41, 5.74) is 0.979. The molecule has 1 aliphatic heterocycles. The minimum absolute atomic E-state index is 0.0304. The molecule has 0 saturated carbocycles. The zero-order valence-corrected chi connectivity index (χ0v) is 11.8. The van der Waals surface area contributed by atoms with Gasteiger partial charge in [0.25, 0.3) is 0 Å². The second-order valence-electron chi connectivity index (χ2n) is 5.06. The summed E-state index contributed by atoms with van der Waals surface area (Å²) in [6.07, 6.45) is -0.739. The number of hydrogen-bond acceptors (Lipinski definition) is 4. The van der Waals surface area contributed by atoms with E-state index in [0.717, 1.165) is 5.56 Å². The lowest BCUT2D eigenvalue weighted by molar-refractivity contribution is 0.132. The van der Waals surface area contributed by atoms with Gasteiger partial charge >= 0.3 is 0 Å². The van der Waals surface area contributed by atoms with Gasteiger partial charge in [0.1, 0.15) is 0 Å². The monoisotopic (exact) mass is 285 g/mol. The van der Waals surface area contributed by atoms with Gasteiger partial charge in [-0.1, -0.05) is 24.6 Å². The van der Waals surface area contributed by atoms with Crippen LogP contribution in [0.25, 0.3) is 0 Å². The maximum Gasteiger partial charge on any atom is 0.243 e. The third-order valence-corrected chi connectivity index (χ3v) is 5.67. The van der Waals surface area contributed by atoms with E-state index < -0.39 is 22.2 Å². The topological polar surface area (TPSA) is 77.8 Å². The molecular formula is C13H19NO4S. The summed E-state index contributed by atoms with van der Waals surface area (Å²) in [6.45, 7) is 3.37. The smallest absolute Gasteiger partial charge is 0.243 e. The molecule has 0 radical (unpaired) electrons. The van der Waals surface area contributed by atoms with Gasteiger partial charge in [0.05, 0.1) is 23.6 Å². The second kappa shape index (κ2) is 5.20. The molecule has 0 aromatic heterocycles. The van der Waals surface area contributed by atoms with Gasteiger partial charge in [-0.05, 0) is 19.1 Å². The SMILES string of the molecule is Cc1ccc(S(=O)(=O)N2C[C@@H](O)[C@H](C)[C@H]2CO)cc1. The van der Waals surface area contributed by atoms with Crippen molar-refractivity contribution in [3.8, 4) is 0 Å². The highest BCUT2D eigenvalue weighted by Gasteiger charge is 2.44. The molecule has 0 aliphatic carbocycles. The Bertz CT molecular complexity index is 540. The highest BCUT2D eigenvalue weighted by Crippen LogP contribution is 2.30. The first kappa shape index (κ1) is 14.5. The van der Waals surface area contributed by atoms with Gasteiger partial charge < -0.3 is 10.2 Å². The third kappa shape index (κ3) is 2.53. The minimum Gasteiger partial charge on any atom is -0.395 e. The van der Waals surface area contributed by atoms with Crippen molar-refractivity contribution in [2.24, 2.45) is 5.92 Å². The van der Waals surface area contributed by atoms with E-state index in [9.17, 15) is 18.6 Å². The normalized spacial score (nSPS) is 28.7. The first-order valence-corrected chi connectivity index (χ1v) is 7.69. The maximum atomic E-state index is 12.5. The Balaban J connectivity index is 2.37. The van der Waals surface area contributed by atoms with Crippen molar-refractivity contribution in [2.75, 3.05) is 13.2 Å².